The quantitative estimate of drug-likeness (QED) is 0.304. The lowest BCUT2D eigenvalue weighted by Gasteiger charge is -2.26. The fraction of sp³-hybridized carbons (Fsp3) is 0.857. The van der Waals surface area contributed by atoms with E-state index in [2.05, 4.69) is 20.5 Å². The minimum absolute atomic E-state index is 0.0458. The van der Waals surface area contributed by atoms with Crippen LogP contribution in [0.4, 0.5) is 0 Å². The molecule has 7 heteroatoms. The Morgan fingerprint density at radius 3 is 2.76 bits per heavy atom. The minimum atomic E-state index is 0.0458. The van der Waals surface area contributed by atoms with Crippen molar-refractivity contribution < 1.29 is 9.53 Å². The number of nitrogens with two attached hydrogens (primary N) is 1. The van der Waals surface area contributed by atoms with Crippen molar-refractivity contribution in [2.24, 2.45) is 10.7 Å². The summed E-state index contributed by atoms with van der Waals surface area (Å²) in [4.78, 5) is 18.0. The average molecular weight is 299 g/mol. The molecule has 0 bridgehead atoms. The van der Waals surface area contributed by atoms with Gasteiger partial charge in [-0.15, -0.1) is 0 Å². The summed E-state index contributed by atoms with van der Waals surface area (Å²) < 4.78 is 5.30. The first kappa shape index (κ1) is 17.7. The number of nitrogens with one attached hydrogen (secondary N) is 2. The summed E-state index contributed by atoms with van der Waals surface area (Å²) in [6.07, 6.45) is 2.36. The molecule has 1 fully saturated rings. The van der Waals surface area contributed by atoms with Crippen LogP contribution in [0.15, 0.2) is 4.99 Å². The van der Waals surface area contributed by atoms with E-state index in [1.54, 1.807) is 0 Å². The number of carbonyl (C=O) groups excluding carboxylic acids is 1. The highest BCUT2D eigenvalue weighted by Crippen LogP contribution is 1.97. The van der Waals surface area contributed by atoms with Crippen molar-refractivity contribution in [2.45, 2.75) is 26.2 Å². The van der Waals surface area contributed by atoms with Crippen molar-refractivity contribution in [1.82, 2.24) is 15.5 Å². The normalized spacial score (nSPS) is 16.7. The molecule has 1 aliphatic heterocycles. The lowest BCUT2D eigenvalue weighted by molar-refractivity contribution is -0.120. The Labute approximate surface area is 127 Å². The highest BCUT2D eigenvalue weighted by atomic mass is 16.5. The molecule has 0 aromatic carbocycles. The first-order valence-electron chi connectivity index (χ1n) is 7.83. The molecular weight excluding hydrogens is 270 g/mol. The molecule has 0 atom stereocenters. The molecule has 4 N–H and O–H groups in total. The van der Waals surface area contributed by atoms with E-state index in [1.165, 1.54) is 0 Å². The molecule has 122 valence electrons. The van der Waals surface area contributed by atoms with Crippen molar-refractivity contribution in [3.05, 3.63) is 0 Å². The van der Waals surface area contributed by atoms with E-state index in [9.17, 15) is 4.79 Å². The summed E-state index contributed by atoms with van der Waals surface area (Å²) in [5.74, 6) is 0.463. The maximum atomic E-state index is 11.4. The van der Waals surface area contributed by atoms with Crippen molar-refractivity contribution in [1.29, 1.82) is 0 Å². The maximum absolute atomic E-state index is 11.4. The zero-order valence-corrected chi connectivity index (χ0v) is 13.1. The highest BCUT2D eigenvalue weighted by Gasteiger charge is 2.08. The molecule has 1 heterocycles. The predicted octanol–water partition coefficient (Wildman–Crippen LogP) is -0.471. The van der Waals surface area contributed by atoms with Gasteiger partial charge in [0, 0.05) is 45.7 Å². The molecule has 0 spiro atoms. The first-order valence-corrected chi connectivity index (χ1v) is 7.83. The molecule has 7 nitrogen and oxygen atoms in total. The summed E-state index contributed by atoms with van der Waals surface area (Å²) in [5.41, 5.74) is 5.75. The second kappa shape index (κ2) is 11.3. The van der Waals surface area contributed by atoms with Crippen LogP contribution in [0.5, 0.6) is 0 Å². The van der Waals surface area contributed by atoms with Gasteiger partial charge in [-0.2, -0.15) is 0 Å². The van der Waals surface area contributed by atoms with E-state index < -0.39 is 0 Å². The fourth-order valence-corrected chi connectivity index (χ4v) is 2.03. The molecule has 0 saturated carbocycles. The molecule has 0 radical (unpaired) electrons. The van der Waals surface area contributed by atoms with Crippen LogP contribution in [-0.2, 0) is 9.53 Å². The Balaban J connectivity index is 2.00. The van der Waals surface area contributed by atoms with Crippen molar-refractivity contribution in [3.8, 4) is 0 Å². The van der Waals surface area contributed by atoms with Gasteiger partial charge in [-0.1, -0.05) is 6.92 Å². The topological polar surface area (TPSA) is 92.0 Å². The average Bonchev–Trinajstić information content (AvgIpc) is 2.50. The molecule has 0 aliphatic carbocycles. The smallest absolute Gasteiger partial charge is 0.221 e. The lowest BCUT2D eigenvalue weighted by atomic mass is 10.3. The van der Waals surface area contributed by atoms with E-state index in [1.807, 2.05) is 6.92 Å². The largest absolute Gasteiger partial charge is 0.379 e. The molecule has 0 aromatic heterocycles. The van der Waals surface area contributed by atoms with Crippen molar-refractivity contribution in [2.75, 3.05) is 52.5 Å². The number of rotatable bonds is 9. The number of nitrogens with zero attached hydrogens (tertiary/aromatic N) is 2. The third-order valence-electron chi connectivity index (χ3n) is 3.25. The monoisotopic (exact) mass is 299 g/mol. The van der Waals surface area contributed by atoms with Gasteiger partial charge in [-0.05, 0) is 12.8 Å². The van der Waals surface area contributed by atoms with Crippen LogP contribution in [-0.4, -0.2) is 69.2 Å². The molecule has 1 aliphatic rings. The zero-order valence-electron chi connectivity index (χ0n) is 13.1. The van der Waals surface area contributed by atoms with E-state index >= 15 is 0 Å². The molecule has 1 rings (SSSR count). The third-order valence-corrected chi connectivity index (χ3v) is 3.25. The van der Waals surface area contributed by atoms with Gasteiger partial charge in [0.25, 0.3) is 0 Å². The van der Waals surface area contributed by atoms with Crippen LogP contribution in [0, 0.1) is 0 Å². The summed E-state index contributed by atoms with van der Waals surface area (Å²) in [6.45, 7) is 8.67. The second-order valence-corrected chi connectivity index (χ2v) is 5.10. The SMILES string of the molecule is CCCNC(=O)CCNC(N)=NCCCN1CCOCC1. The Bertz CT molecular complexity index is 316. The van der Waals surface area contributed by atoms with E-state index in [4.69, 9.17) is 10.5 Å². The second-order valence-electron chi connectivity index (χ2n) is 5.10. The number of ether oxygens (including phenoxy) is 1. The maximum Gasteiger partial charge on any atom is 0.221 e. The van der Waals surface area contributed by atoms with Gasteiger partial charge >= 0.3 is 0 Å². The van der Waals surface area contributed by atoms with Crippen LogP contribution in [0.2, 0.25) is 0 Å². The van der Waals surface area contributed by atoms with E-state index in [0.717, 1.165) is 52.2 Å². The number of hydrogen-bond donors (Lipinski definition) is 3. The Hall–Kier alpha value is -1.34. The van der Waals surface area contributed by atoms with Crippen molar-refractivity contribution in [3.63, 3.8) is 0 Å². The number of guanidine groups is 1. The molecular formula is C14H29N5O2. The Kier molecular flexibility index (Phi) is 9.56. The first-order chi connectivity index (χ1) is 10.2. The van der Waals surface area contributed by atoms with Crippen LogP contribution in [0.25, 0.3) is 0 Å². The number of amides is 1. The molecule has 0 aromatic rings. The summed E-state index contributed by atoms with van der Waals surface area (Å²) in [7, 11) is 0. The predicted molar refractivity (Wildman–Crippen MR) is 84.3 cm³/mol. The van der Waals surface area contributed by atoms with Gasteiger partial charge in [0.2, 0.25) is 5.91 Å². The number of carbonyl (C=O) groups is 1. The lowest BCUT2D eigenvalue weighted by Crippen LogP contribution is -2.37. The summed E-state index contributed by atoms with van der Waals surface area (Å²) in [5, 5.41) is 5.78. The molecule has 0 unspecified atom stereocenters. The molecule has 1 amide bonds. The third kappa shape index (κ3) is 9.25. The zero-order chi connectivity index (χ0) is 15.3. The van der Waals surface area contributed by atoms with E-state index in [0.29, 0.717) is 25.5 Å². The Morgan fingerprint density at radius 1 is 1.29 bits per heavy atom. The van der Waals surface area contributed by atoms with Gasteiger partial charge in [-0.3, -0.25) is 14.7 Å². The molecule has 1 saturated heterocycles. The Morgan fingerprint density at radius 2 is 2.05 bits per heavy atom. The van der Waals surface area contributed by atoms with Gasteiger partial charge in [-0.25, -0.2) is 0 Å². The van der Waals surface area contributed by atoms with Crippen LogP contribution in [0.3, 0.4) is 0 Å². The number of aliphatic imine (C=N–C) groups is 1. The molecule has 21 heavy (non-hydrogen) atoms. The van der Waals surface area contributed by atoms with Crippen LogP contribution >= 0.6 is 0 Å². The van der Waals surface area contributed by atoms with Crippen LogP contribution in [0.1, 0.15) is 26.2 Å². The highest BCUT2D eigenvalue weighted by molar-refractivity contribution is 5.79. The van der Waals surface area contributed by atoms with Gasteiger partial charge < -0.3 is 21.1 Å². The minimum Gasteiger partial charge on any atom is -0.379 e. The standard InChI is InChI=1S/C14H29N5O2/c1-2-5-16-13(20)4-7-18-14(15)17-6-3-8-19-9-11-21-12-10-19/h2-12H2,1H3,(H,16,20)(H3,15,17,18). The van der Waals surface area contributed by atoms with Crippen LogP contribution < -0.4 is 16.4 Å². The number of morpholine rings is 1. The van der Waals surface area contributed by atoms with Gasteiger partial charge in [0.05, 0.1) is 13.2 Å². The van der Waals surface area contributed by atoms with Gasteiger partial charge in [0.1, 0.15) is 0 Å². The number of hydrogen-bond acceptors (Lipinski definition) is 4. The summed E-state index contributed by atoms with van der Waals surface area (Å²) >= 11 is 0. The van der Waals surface area contributed by atoms with Crippen molar-refractivity contribution >= 4 is 11.9 Å². The fourth-order valence-electron chi connectivity index (χ4n) is 2.03. The summed E-state index contributed by atoms with van der Waals surface area (Å²) in [6, 6.07) is 0. The van der Waals surface area contributed by atoms with Gasteiger partial charge in [0.15, 0.2) is 5.96 Å². The van der Waals surface area contributed by atoms with E-state index in [-0.39, 0.29) is 5.91 Å².